The van der Waals surface area contributed by atoms with Gasteiger partial charge in [0.2, 0.25) is 0 Å². The van der Waals surface area contributed by atoms with Gasteiger partial charge in [-0.25, -0.2) is 4.79 Å². The molecule has 2 rings (SSSR count). The van der Waals surface area contributed by atoms with Gasteiger partial charge in [0.15, 0.2) is 41.0 Å². The van der Waals surface area contributed by atoms with E-state index >= 15 is 0 Å². The Kier molecular flexibility index (Phi) is 16.0. The van der Waals surface area contributed by atoms with Crippen molar-refractivity contribution in [2.24, 2.45) is 0 Å². The van der Waals surface area contributed by atoms with E-state index in [0.29, 0.717) is 12.0 Å². The van der Waals surface area contributed by atoms with Crippen molar-refractivity contribution < 1.29 is 42.1 Å². The van der Waals surface area contributed by atoms with Crippen LogP contribution in [-0.2, 0) is 27.9 Å². The first kappa shape index (κ1) is 46.6. The van der Waals surface area contributed by atoms with Crippen LogP contribution in [0.15, 0.2) is 21.8 Å². The Morgan fingerprint density at radius 2 is 1.65 bits per heavy atom. The largest absolute Gasteiger partial charge is 0.469 e. The molecule has 1 aromatic carbocycles. The fourth-order valence-electron chi connectivity index (χ4n) is 5.04. The number of carbonyl (C=O) groups excluding carboxylic acids is 2. The number of benzene rings is 1. The van der Waals surface area contributed by atoms with Crippen LogP contribution in [0.25, 0.3) is 0 Å². The van der Waals surface area contributed by atoms with E-state index in [4.69, 9.17) is 44.1 Å². The van der Waals surface area contributed by atoms with E-state index in [0.717, 1.165) is 3.58 Å². The second-order valence-electron chi connectivity index (χ2n) is 17.6. The van der Waals surface area contributed by atoms with Crippen molar-refractivity contribution in [3.8, 4) is 23.0 Å². The maximum absolute atomic E-state index is 12.9. The zero-order valence-corrected chi connectivity index (χ0v) is 39.9. The number of ether oxygens (including phenoxy) is 5. The fraction of sp³-hybridized carbons (Fsp3) is 0.676. The summed E-state index contributed by atoms with van der Waals surface area (Å²) < 4.78 is 43.8. The van der Waals surface area contributed by atoms with Gasteiger partial charge < -0.3 is 37.9 Å². The molecule has 0 bridgehead atoms. The van der Waals surface area contributed by atoms with Gasteiger partial charge in [-0.2, -0.15) is 0 Å². The average Bonchev–Trinajstić information content (AvgIpc) is 3.24. The first-order valence-corrected chi connectivity index (χ1v) is 28.8. The highest BCUT2D eigenvalue weighted by atomic mass is 127. The number of carbonyl (C=O) groups is 2. The van der Waals surface area contributed by atoms with Gasteiger partial charge in [0.1, 0.15) is 19.3 Å². The lowest BCUT2D eigenvalue weighted by molar-refractivity contribution is -0.141. The molecule has 52 heavy (non-hydrogen) atoms. The van der Waals surface area contributed by atoms with Crippen LogP contribution in [0.5, 0.6) is 11.5 Å². The summed E-state index contributed by atoms with van der Waals surface area (Å²) in [5, 5.41) is 2.97. The molecular weight excluding hydrogens is 849 g/mol. The lowest BCUT2D eigenvalue weighted by Gasteiger charge is -2.42. The third-order valence-corrected chi connectivity index (χ3v) is 16.2. The van der Waals surface area contributed by atoms with Gasteiger partial charge in [-0.15, -0.1) is 5.54 Å². The molecule has 0 fully saturated rings. The summed E-state index contributed by atoms with van der Waals surface area (Å²) in [6.45, 7) is 29.3. The Morgan fingerprint density at radius 1 is 1.04 bits per heavy atom. The number of hydrogen-bond acceptors (Lipinski definition) is 9. The number of esters is 1. The van der Waals surface area contributed by atoms with E-state index in [1.165, 1.54) is 14.2 Å². The Balaban J connectivity index is 2.80. The maximum atomic E-state index is 12.9. The third kappa shape index (κ3) is 13.9. The van der Waals surface area contributed by atoms with Crippen molar-refractivity contribution in [2.45, 2.75) is 141 Å². The van der Waals surface area contributed by atoms with E-state index in [2.05, 4.69) is 119 Å². The lowest BCUT2D eigenvalue weighted by atomic mass is 9.95. The van der Waals surface area contributed by atoms with Gasteiger partial charge in [0.05, 0.1) is 30.7 Å². The molecule has 1 aromatic rings. The van der Waals surface area contributed by atoms with Gasteiger partial charge in [-0.1, -0.05) is 57.9 Å². The topological polar surface area (TPSA) is 111 Å². The van der Waals surface area contributed by atoms with Crippen LogP contribution in [0.2, 0.25) is 62.4 Å². The van der Waals surface area contributed by atoms with E-state index in [-0.39, 0.29) is 40.9 Å². The van der Waals surface area contributed by atoms with Crippen molar-refractivity contribution in [3.63, 3.8) is 0 Å². The zero-order chi connectivity index (χ0) is 40.1. The van der Waals surface area contributed by atoms with Crippen LogP contribution < -0.4 is 14.8 Å². The van der Waals surface area contributed by atoms with E-state index in [1.807, 2.05) is 0 Å². The molecular formula is C37H61ClINO9Si3. The lowest BCUT2D eigenvalue weighted by Crippen LogP contribution is -2.53. The molecule has 0 saturated heterocycles. The van der Waals surface area contributed by atoms with E-state index in [1.54, 1.807) is 32.9 Å². The molecule has 10 nitrogen and oxygen atoms in total. The number of hydrogen-bond donors (Lipinski definition) is 1. The molecule has 0 spiro atoms. The van der Waals surface area contributed by atoms with Crippen LogP contribution >= 0.6 is 34.2 Å². The number of halogens is 2. The van der Waals surface area contributed by atoms with Crippen LogP contribution in [0, 0.1) is 11.5 Å². The number of alkyl carbamates (subject to hydrolysis) is 1. The molecule has 0 aromatic heterocycles. The molecule has 1 N–H and O–H groups in total. The number of nitrogens with one attached hydrogen (secondary N) is 1. The molecule has 0 saturated carbocycles. The Labute approximate surface area is 334 Å². The summed E-state index contributed by atoms with van der Waals surface area (Å²) in [6.07, 6.45) is 0.761. The molecule has 1 aliphatic rings. The minimum Gasteiger partial charge on any atom is -0.469 e. The summed E-state index contributed by atoms with van der Waals surface area (Å²) in [4.78, 5) is 25.4. The van der Waals surface area contributed by atoms with Crippen molar-refractivity contribution in [3.05, 3.63) is 32.4 Å². The van der Waals surface area contributed by atoms with Gasteiger partial charge in [0, 0.05) is 17.1 Å². The van der Waals surface area contributed by atoms with Gasteiger partial charge >= 0.3 is 12.1 Å². The van der Waals surface area contributed by atoms with Crippen molar-refractivity contribution in [1.29, 1.82) is 0 Å². The van der Waals surface area contributed by atoms with Crippen molar-refractivity contribution in [1.82, 2.24) is 5.32 Å². The molecule has 1 aliphatic carbocycles. The molecule has 0 heterocycles. The quantitative estimate of drug-likeness (QED) is 0.0642. The molecule has 1 amide bonds. The first-order valence-electron chi connectivity index (χ1n) is 17.5. The minimum absolute atomic E-state index is 0.0115. The summed E-state index contributed by atoms with van der Waals surface area (Å²) in [6, 6.07) is 2.43. The monoisotopic (exact) mass is 909 g/mol. The van der Waals surface area contributed by atoms with Gasteiger partial charge in [0.25, 0.3) is 0 Å². The summed E-state index contributed by atoms with van der Waals surface area (Å²) >= 11 is 9.44. The highest BCUT2D eigenvalue weighted by Crippen LogP contribution is 2.49. The maximum Gasteiger partial charge on any atom is 0.408 e. The van der Waals surface area contributed by atoms with E-state index in [9.17, 15) is 9.59 Å². The molecule has 15 heteroatoms. The smallest absolute Gasteiger partial charge is 0.408 e. The summed E-state index contributed by atoms with van der Waals surface area (Å²) in [5.41, 5.74) is 2.28. The third-order valence-electron chi connectivity index (χ3n) is 8.27. The van der Waals surface area contributed by atoms with Crippen LogP contribution in [0.1, 0.15) is 66.0 Å². The Morgan fingerprint density at radius 3 is 2.15 bits per heavy atom. The highest BCUT2D eigenvalue weighted by Gasteiger charge is 2.53. The zero-order valence-electron chi connectivity index (χ0n) is 34.0. The van der Waals surface area contributed by atoms with Crippen molar-refractivity contribution in [2.75, 3.05) is 21.0 Å². The van der Waals surface area contributed by atoms with E-state index < -0.39 is 60.1 Å². The average molecular weight is 911 g/mol. The second kappa shape index (κ2) is 17.9. The standard InChI is InChI=1S/C37H61ClINO9Si3/c1-35(2,3)47-34(42)40-28(22-32(41)44-8)25-19-27(38)33(29(20-25)45-24-43-7)46-31(17-18-50(9,10)11)37(49-51(12,13)14)23-26(21-30(37)39)48-52(15,16)36(4,5)6/h19-21,26,28,31H,22-24H2,1-16H3,(H,40,42)/t26-,28+,31-,37-/m1/s1. The summed E-state index contributed by atoms with van der Waals surface area (Å²) in [7, 11) is -3.54. The molecule has 4 atom stereocenters. The van der Waals surface area contributed by atoms with Crippen LogP contribution in [-0.4, -0.2) is 81.2 Å². The van der Waals surface area contributed by atoms with Crippen LogP contribution in [0.3, 0.4) is 0 Å². The summed E-state index contributed by atoms with van der Waals surface area (Å²) in [5.74, 6) is 3.42. The highest BCUT2D eigenvalue weighted by molar-refractivity contribution is 14.1. The normalized spacial score (nSPS) is 19.5. The molecule has 0 aliphatic heterocycles. The second-order valence-corrected chi connectivity index (χ2v) is 33.1. The van der Waals surface area contributed by atoms with Gasteiger partial charge in [-0.3, -0.25) is 4.79 Å². The Hall–Kier alpha value is -1.59. The Bertz CT molecular complexity index is 1520. The number of amides is 1. The predicted molar refractivity (Wildman–Crippen MR) is 224 cm³/mol. The molecule has 0 unspecified atom stereocenters. The minimum atomic E-state index is -2.25. The molecule has 0 radical (unpaired) electrons. The predicted octanol–water partition coefficient (Wildman–Crippen LogP) is 9.78. The fourth-order valence-corrected chi connectivity index (χ4v) is 9.74. The van der Waals surface area contributed by atoms with Gasteiger partial charge in [-0.05, 0) is 105 Å². The molecule has 294 valence electrons. The number of rotatable bonds is 14. The van der Waals surface area contributed by atoms with Crippen molar-refractivity contribution >= 4 is 71.0 Å². The van der Waals surface area contributed by atoms with Crippen LogP contribution in [0.4, 0.5) is 4.79 Å². The first-order chi connectivity index (χ1) is 23.5. The number of methoxy groups -OCH3 is 2. The SMILES string of the molecule is COCOc1cc([C@H](CC(=O)OC)NC(=O)OC(C)(C)C)cc(Cl)c1O[C@H](C#C[Si](C)(C)C)[C@@]1(O[Si](C)(C)C)C[C@H](O[Si](C)(C)C(C)(C)C)C=C1I.